The minimum absolute atomic E-state index is 0.452. The number of aliphatic hydroxyl groups excluding tert-OH is 1. The van der Waals surface area contributed by atoms with E-state index in [1.807, 2.05) is 0 Å². The molecule has 1 aromatic carbocycles. The van der Waals surface area contributed by atoms with Crippen molar-refractivity contribution in [3.05, 3.63) is 23.3 Å². The Morgan fingerprint density at radius 3 is 2.24 bits per heavy atom. The van der Waals surface area contributed by atoms with Crippen LogP contribution in [0.5, 0.6) is 11.5 Å². The predicted octanol–water partition coefficient (Wildman–Crippen LogP) is 1.17. The van der Waals surface area contributed by atoms with Gasteiger partial charge in [-0.15, -0.1) is 0 Å². The molecule has 0 amide bonds. The number of aliphatic carboxylic acids is 1. The average molecular weight is 240 g/mol. The van der Waals surface area contributed by atoms with Crippen molar-refractivity contribution in [2.75, 3.05) is 20.8 Å². The van der Waals surface area contributed by atoms with Gasteiger partial charge < -0.3 is 19.7 Å². The SMILES string of the molecule is COc1cc(C)c(C(CO)C(=O)O)cc1OC. The van der Waals surface area contributed by atoms with Gasteiger partial charge in [-0.1, -0.05) is 0 Å². The zero-order chi connectivity index (χ0) is 13.0. The Bertz CT molecular complexity index is 414. The second-order valence-electron chi connectivity index (χ2n) is 3.64. The van der Waals surface area contributed by atoms with E-state index in [0.717, 1.165) is 5.56 Å². The van der Waals surface area contributed by atoms with Crippen LogP contribution in [0.4, 0.5) is 0 Å². The first kappa shape index (κ1) is 13.3. The summed E-state index contributed by atoms with van der Waals surface area (Å²) in [5.74, 6) is -1.03. The third kappa shape index (κ3) is 2.68. The van der Waals surface area contributed by atoms with E-state index in [1.54, 1.807) is 19.1 Å². The largest absolute Gasteiger partial charge is 0.493 e. The average Bonchev–Trinajstić information content (AvgIpc) is 2.31. The number of carboxylic acids is 1. The van der Waals surface area contributed by atoms with Gasteiger partial charge in [0.05, 0.1) is 20.8 Å². The van der Waals surface area contributed by atoms with E-state index in [1.165, 1.54) is 14.2 Å². The standard InChI is InChI=1S/C12H16O5/c1-7-4-10(16-2)11(17-3)5-8(7)9(6-13)12(14)15/h4-5,9,13H,6H2,1-3H3,(H,14,15). The molecule has 0 heterocycles. The van der Waals surface area contributed by atoms with Crippen molar-refractivity contribution >= 4 is 5.97 Å². The van der Waals surface area contributed by atoms with Crippen LogP contribution in [-0.4, -0.2) is 37.0 Å². The fourth-order valence-corrected chi connectivity index (χ4v) is 1.68. The Kier molecular flexibility index (Phi) is 4.34. The van der Waals surface area contributed by atoms with Crippen LogP contribution in [0, 0.1) is 6.92 Å². The first-order valence-corrected chi connectivity index (χ1v) is 5.11. The third-order valence-electron chi connectivity index (χ3n) is 2.63. The molecular formula is C12H16O5. The lowest BCUT2D eigenvalue weighted by Gasteiger charge is -2.16. The van der Waals surface area contributed by atoms with E-state index in [2.05, 4.69) is 0 Å². The summed E-state index contributed by atoms with van der Waals surface area (Å²) in [7, 11) is 2.99. The van der Waals surface area contributed by atoms with Crippen molar-refractivity contribution in [2.24, 2.45) is 0 Å². The van der Waals surface area contributed by atoms with Gasteiger partial charge in [-0.05, 0) is 30.2 Å². The fraction of sp³-hybridized carbons (Fsp3) is 0.417. The quantitative estimate of drug-likeness (QED) is 0.808. The lowest BCUT2D eigenvalue weighted by atomic mass is 9.95. The van der Waals surface area contributed by atoms with Crippen molar-refractivity contribution in [3.63, 3.8) is 0 Å². The second kappa shape index (κ2) is 5.54. The molecule has 0 saturated carbocycles. The number of hydrogen-bond donors (Lipinski definition) is 2. The summed E-state index contributed by atoms with van der Waals surface area (Å²) in [6, 6.07) is 3.28. The van der Waals surface area contributed by atoms with E-state index in [4.69, 9.17) is 19.7 Å². The number of aryl methyl sites for hydroxylation is 1. The second-order valence-corrected chi connectivity index (χ2v) is 3.64. The molecule has 1 aromatic rings. The van der Waals surface area contributed by atoms with Crippen molar-refractivity contribution in [2.45, 2.75) is 12.8 Å². The molecule has 17 heavy (non-hydrogen) atoms. The summed E-state index contributed by atoms with van der Waals surface area (Å²) in [6.07, 6.45) is 0. The summed E-state index contributed by atoms with van der Waals surface area (Å²) in [5, 5.41) is 18.1. The summed E-state index contributed by atoms with van der Waals surface area (Å²) in [6.45, 7) is 1.31. The molecule has 0 aliphatic rings. The molecule has 94 valence electrons. The number of ether oxygens (including phenoxy) is 2. The van der Waals surface area contributed by atoms with Gasteiger partial charge in [-0.2, -0.15) is 0 Å². The molecule has 0 radical (unpaired) electrons. The molecule has 1 atom stereocenters. The zero-order valence-electron chi connectivity index (χ0n) is 10.1. The first-order valence-electron chi connectivity index (χ1n) is 5.11. The highest BCUT2D eigenvalue weighted by molar-refractivity contribution is 5.77. The molecule has 0 saturated heterocycles. The number of carbonyl (C=O) groups is 1. The van der Waals surface area contributed by atoms with Gasteiger partial charge in [0, 0.05) is 0 Å². The maximum Gasteiger partial charge on any atom is 0.313 e. The van der Waals surface area contributed by atoms with E-state index >= 15 is 0 Å². The van der Waals surface area contributed by atoms with Crippen molar-refractivity contribution in [1.82, 2.24) is 0 Å². The van der Waals surface area contributed by atoms with Crippen LogP contribution in [0.1, 0.15) is 17.0 Å². The Labute approximate surface area is 99.6 Å². The lowest BCUT2D eigenvalue weighted by Crippen LogP contribution is -2.16. The van der Waals surface area contributed by atoms with Crippen molar-refractivity contribution in [3.8, 4) is 11.5 Å². The van der Waals surface area contributed by atoms with Crippen LogP contribution >= 0.6 is 0 Å². The van der Waals surface area contributed by atoms with Crippen LogP contribution < -0.4 is 9.47 Å². The van der Waals surface area contributed by atoms with Crippen LogP contribution in [0.15, 0.2) is 12.1 Å². The van der Waals surface area contributed by atoms with E-state index in [-0.39, 0.29) is 0 Å². The highest BCUT2D eigenvalue weighted by Crippen LogP contribution is 2.33. The smallest absolute Gasteiger partial charge is 0.313 e. The van der Waals surface area contributed by atoms with Crippen molar-refractivity contribution < 1.29 is 24.5 Å². The van der Waals surface area contributed by atoms with E-state index < -0.39 is 18.5 Å². The minimum Gasteiger partial charge on any atom is -0.493 e. The summed E-state index contributed by atoms with van der Waals surface area (Å²) in [5.41, 5.74) is 1.27. The Balaban J connectivity index is 3.29. The van der Waals surface area contributed by atoms with Crippen LogP contribution in [0.2, 0.25) is 0 Å². The van der Waals surface area contributed by atoms with Gasteiger partial charge in [-0.25, -0.2) is 0 Å². The lowest BCUT2D eigenvalue weighted by molar-refractivity contribution is -0.139. The summed E-state index contributed by atoms with van der Waals surface area (Å²) in [4.78, 5) is 11.0. The Hall–Kier alpha value is -1.75. The number of rotatable bonds is 5. The molecule has 0 spiro atoms. The highest BCUT2D eigenvalue weighted by atomic mass is 16.5. The molecule has 1 rings (SSSR count). The molecule has 0 aliphatic carbocycles. The molecule has 0 aliphatic heterocycles. The molecule has 5 nitrogen and oxygen atoms in total. The first-order chi connectivity index (χ1) is 8.04. The fourth-order valence-electron chi connectivity index (χ4n) is 1.68. The Morgan fingerprint density at radius 2 is 1.82 bits per heavy atom. The van der Waals surface area contributed by atoms with Gasteiger partial charge in [0.25, 0.3) is 0 Å². The van der Waals surface area contributed by atoms with Gasteiger partial charge >= 0.3 is 5.97 Å². The molecule has 5 heteroatoms. The molecule has 0 fully saturated rings. The highest BCUT2D eigenvalue weighted by Gasteiger charge is 2.22. The molecule has 0 aromatic heterocycles. The topological polar surface area (TPSA) is 76.0 Å². The van der Waals surface area contributed by atoms with E-state index in [0.29, 0.717) is 17.1 Å². The van der Waals surface area contributed by atoms with Gasteiger partial charge in [0.15, 0.2) is 11.5 Å². The molecule has 2 N–H and O–H groups in total. The van der Waals surface area contributed by atoms with Crippen LogP contribution in [0.3, 0.4) is 0 Å². The van der Waals surface area contributed by atoms with Gasteiger partial charge in [0.1, 0.15) is 5.92 Å². The zero-order valence-corrected chi connectivity index (χ0v) is 10.1. The van der Waals surface area contributed by atoms with Crippen LogP contribution in [-0.2, 0) is 4.79 Å². The number of hydrogen-bond acceptors (Lipinski definition) is 4. The van der Waals surface area contributed by atoms with Gasteiger partial charge in [-0.3, -0.25) is 4.79 Å². The third-order valence-corrected chi connectivity index (χ3v) is 2.63. The van der Waals surface area contributed by atoms with Gasteiger partial charge in [0.2, 0.25) is 0 Å². The number of benzene rings is 1. The predicted molar refractivity (Wildman–Crippen MR) is 61.7 cm³/mol. The van der Waals surface area contributed by atoms with Crippen molar-refractivity contribution in [1.29, 1.82) is 0 Å². The van der Waals surface area contributed by atoms with E-state index in [9.17, 15) is 4.79 Å². The van der Waals surface area contributed by atoms with Crippen LogP contribution in [0.25, 0.3) is 0 Å². The number of methoxy groups -OCH3 is 2. The monoisotopic (exact) mass is 240 g/mol. The maximum atomic E-state index is 11.0. The molecule has 0 bridgehead atoms. The summed E-state index contributed by atoms with van der Waals surface area (Å²) >= 11 is 0. The number of carboxylic acid groups (broad SMARTS) is 1. The molecular weight excluding hydrogens is 224 g/mol. The normalized spacial score (nSPS) is 12.0. The molecule has 1 unspecified atom stereocenters. The summed E-state index contributed by atoms with van der Waals surface area (Å²) < 4.78 is 10.2. The Morgan fingerprint density at radius 1 is 1.29 bits per heavy atom. The minimum atomic E-state index is -1.07. The maximum absolute atomic E-state index is 11.0. The number of aliphatic hydroxyl groups is 1.